The second-order valence-corrected chi connectivity index (χ2v) is 5.79. The van der Waals surface area contributed by atoms with Crippen molar-refractivity contribution in [3.05, 3.63) is 52.8 Å². The van der Waals surface area contributed by atoms with Crippen molar-refractivity contribution >= 4 is 33.1 Å². The Labute approximate surface area is 120 Å². The molecule has 1 N–H and O–H groups in total. The van der Waals surface area contributed by atoms with Crippen LogP contribution in [0.4, 0.5) is 5.69 Å². The predicted molar refractivity (Wildman–Crippen MR) is 81.3 cm³/mol. The van der Waals surface area contributed by atoms with E-state index in [1.54, 1.807) is 23.6 Å². The molecule has 0 saturated carbocycles. The van der Waals surface area contributed by atoms with Gasteiger partial charge in [0.2, 0.25) is 0 Å². The summed E-state index contributed by atoms with van der Waals surface area (Å²) in [5.41, 5.74) is 3.17. The molecule has 0 atom stereocenters. The predicted octanol–water partition coefficient (Wildman–Crippen LogP) is 3.56. The number of amides is 1. The van der Waals surface area contributed by atoms with Gasteiger partial charge in [0.25, 0.3) is 5.91 Å². The second-order valence-electron chi connectivity index (χ2n) is 4.56. The average Bonchev–Trinajstić information content (AvgIpc) is 2.78. The van der Waals surface area contributed by atoms with Gasteiger partial charge in [-0.15, -0.1) is 11.3 Å². The highest BCUT2D eigenvalue weighted by molar-refractivity contribution is 7.18. The molecule has 5 heteroatoms. The van der Waals surface area contributed by atoms with Gasteiger partial charge in [0, 0.05) is 17.6 Å². The summed E-state index contributed by atoms with van der Waals surface area (Å²) >= 11 is 1.62. The van der Waals surface area contributed by atoms with E-state index in [0.717, 1.165) is 26.6 Å². The summed E-state index contributed by atoms with van der Waals surface area (Å²) in [6, 6.07) is 9.32. The molecule has 3 aromatic rings. The number of fused-ring (bicyclic) bond motifs is 1. The fraction of sp³-hybridized carbons (Fsp3) is 0.133. The molecule has 2 aromatic heterocycles. The smallest absolute Gasteiger partial charge is 0.257 e. The van der Waals surface area contributed by atoms with Crippen molar-refractivity contribution in [3.63, 3.8) is 0 Å². The van der Waals surface area contributed by atoms with E-state index in [4.69, 9.17) is 0 Å². The van der Waals surface area contributed by atoms with Crippen molar-refractivity contribution in [3.8, 4) is 0 Å². The third-order valence-corrected chi connectivity index (χ3v) is 3.86. The third-order valence-electron chi connectivity index (χ3n) is 2.93. The number of thiazole rings is 1. The van der Waals surface area contributed by atoms with Crippen molar-refractivity contribution < 1.29 is 4.79 Å². The van der Waals surface area contributed by atoms with Crippen LogP contribution in [0.25, 0.3) is 10.2 Å². The normalized spacial score (nSPS) is 10.7. The number of aryl methyl sites for hydroxylation is 2. The lowest BCUT2D eigenvalue weighted by molar-refractivity contribution is 0.102. The molecule has 0 bridgehead atoms. The van der Waals surface area contributed by atoms with E-state index < -0.39 is 0 Å². The maximum absolute atomic E-state index is 12.1. The lowest BCUT2D eigenvalue weighted by Gasteiger charge is -2.05. The molecule has 0 aliphatic heterocycles. The summed E-state index contributed by atoms with van der Waals surface area (Å²) in [7, 11) is 0. The van der Waals surface area contributed by atoms with Gasteiger partial charge < -0.3 is 5.32 Å². The number of benzene rings is 1. The molecule has 1 aromatic carbocycles. The van der Waals surface area contributed by atoms with Crippen molar-refractivity contribution in [2.45, 2.75) is 13.8 Å². The molecule has 0 radical (unpaired) electrons. The van der Waals surface area contributed by atoms with Gasteiger partial charge in [-0.3, -0.25) is 9.78 Å². The number of carbonyl (C=O) groups is 1. The van der Waals surface area contributed by atoms with Crippen LogP contribution >= 0.6 is 11.3 Å². The summed E-state index contributed by atoms with van der Waals surface area (Å²) in [6.45, 7) is 3.86. The summed E-state index contributed by atoms with van der Waals surface area (Å²) < 4.78 is 1.07. The fourth-order valence-electron chi connectivity index (χ4n) is 1.92. The molecule has 100 valence electrons. The fourth-order valence-corrected chi connectivity index (χ4v) is 2.79. The zero-order chi connectivity index (χ0) is 14.1. The van der Waals surface area contributed by atoms with Crippen LogP contribution in [0.2, 0.25) is 0 Å². The van der Waals surface area contributed by atoms with E-state index in [9.17, 15) is 4.79 Å². The van der Waals surface area contributed by atoms with Crippen LogP contribution in [0.1, 0.15) is 21.1 Å². The maximum atomic E-state index is 12.1. The van der Waals surface area contributed by atoms with Gasteiger partial charge in [0.1, 0.15) is 0 Å². The Kier molecular flexibility index (Phi) is 3.20. The first-order valence-corrected chi connectivity index (χ1v) is 7.05. The zero-order valence-corrected chi connectivity index (χ0v) is 12.0. The summed E-state index contributed by atoms with van der Waals surface area (Å²) in [5, 5.41) is 3.90. The van der Waals surface area contributed by atoms with E-state index in [1.807, 2.05) is 38.1 Å². The molecule has 4 nitrogen and oxygen atoms in total. The van der Waals surface area contributed by atoms with Gasteiger partial charge in [-0.05, 0) is 44.2 Å². The first kappa shape index (κ1) is 12.7. The summed E-state index contributed by atoms with van der Waals surface area (Å²) in [6.07, 6.45) is 1.58. The van der Waals surface area contributed by atoms with Gasteiger partial charge in [0.05, 0.1) is 20.8 Å². The van der Waals surface area contributed by atoms with Gasteiger partial charge >= 0.3 is 0 Å². The Hall–Kier alpha value is -2.27. The Bertz CT molecular complexity index is 777. The van der Waals surface area contributed by atoms with Crippen LogP contribution in [0, 0.1) is 13.8 Å². The summed E-state index contributed by atoms with van der Waals surface area (Å²) in [4.78, 5) is 20.6. The van der Waals surface area contributed by atoms with Gasteiger partial charge in [-0.25, -0.2) is 4.98 Å². The van der Waals surface area contributed by atoms with E-state index >= 15 is 0 Å². The quantitative estimate of drug-likeness (QED) is 0.782. The number of carbonyl (C=O) groups excluding carboxylic acids is 1. The molecule has 2 heterocycles. The number of nitrogens with zero attached hydrogens (tertiary/aromatic N) is 2. The minimum absolute atomic E-state index is 0.155. The molecular weight excluding hydrogens is 270 g/mol. The molecule has 3 rings (SSSR count). The van der Waals surface area contributed by atoms with Gasteiger partial charge in [-0.1, -0.05) is 0 Å². The van der Waals surface area contributed by atoms with Crippen LogP contribution in [-0.2, 0) is 0 Å². The molecular formula is C15H13N3OS. The van der Waals surface area contributed by atoms with E-state index in [-0.39, 0.29) is 5.91 Å². The highest BCUT2D eigenvalue weighted by Crippen LogP contribution is 2.24. The Morgan fingerprint density at radius 3 is 2.80 bits per heavy atom. The number of nitrogens with one attached hydrogen (secondary N) is 1. The largest absolute Gasteiger partial charge is 0.322 e. The first-order valence-electron chi connectivity index (χ1n) is 6.23. The van der Waals surface area contributed by atoms with Crippen molar-refractivity contribution in [1.82, 2.24) is 9.97 Å². The SMILES string of the molecule is Cc1ccc(C(=O)Nc2ccc3nc(C)sc3c2)cn1. The highest BCUT2D eigenvalue weighted by Gasteiger charge is 2.08. The van der Waals surface area contributed by atoms with E-state index in [2.05, 4.69) is 15.3 Å². The minimum atomic E-state index is -0.155. The first-order chi connectivity index (χ1) is 9.61. The molecule has 0 fully saturated rings. The standard InChI is InChI=1S/C15H13N3OS/c1-9-3-4-11(8-16-9)15(19)18-12-5-6-13-14(7-12)20-10(2)17-13/h3-8H,1-2H3,(H,18,19). The van der Waals surface area contributed by atoms with Crippen LogP contribution in [0.5, 0.6) is 0 Å². The average molecular weight is 283 g/mol. The van der Waals surface area contributed by atoms with Crippen LogP contribution < -0.4 is 5.32 Å². The van der Waals surface area contributed by atoms with Crippen molar-refractivity contribution in [2.24, 2.45) is 0 Å². The van der Waals surface area contributed by atoms with Gasteiger partial charge in [-0.2, -0.15) is 0 Å². The second kappa shape index (κ2) is 5.02. The van der Waals surface area contributed by atoms with Crippen LogP contribution in [0.3, 0.4) is 0 Å². The highest BCUT2D eigenvalue weighted by atomic mass is 32.1. The van der Waals surface area contributed by atoms with Crippen LogP contribution in [-0.4, -0.2) is 15.9 Å². The van der Waals surface area contributed by atoms with Crippen molar-refractivity contribution in [2.75, 3.05) is 5.32 Å². The molecule has 20 heavy (non-hydrogen) atoms. The number of rotatable bonds is 2. The monoisotopic (exact) mass is 283 g/mol. The number of hydrogen-bond acceptors (Lipinski definition) is 4. The molecule has 0 unspecified atom stereocenters. The summed E-state index contributed by atoms with van der Waals surface area (Å²) in [5.74, 6) is -0.155. The van der Waals surface area contributed by atoms with Gasteiger partial charge in [0.15, 0.2) is 0 Å². The lowest BCUT2D eigenvalue weighted by atomic mass is 10.2. The molecule has 0 aliphatic carbocycles. The lowest BCUT2D eigenvalue weighted by Crippen LogP contribution is -2.12. The molecule has 0 spiro atoms. The number of hydrogen-bond donors (Lipinski definition) is 1. The van der Waals surface area contributed by atoms with Crippen molar-refractivity contribution in [1.29, 1.82) is 0 Å². The minimum Gasteiger partial charge on any atom is -0.322 e. The Morgan fingerprint density at radius 2 is 2.05 bits per heavy atom. The number of aromatic nitrogens is 2. The maximum Gasteiger partial charge on any atom is 0.257 e. The molecule has 0 saturated heterocycles. The van der Waals surface area contributed by atoms with E-state index in [1.165, 1.54) is 0 Å². The van der Waals surface area contributed by atoms with Crippen LogP contribution in [0.15, 0.2) is 36.5 Å². The number of pyridine rings is 1. The molecule has 0 aliphatic rings. The Balaban J connectivity index is 1.84. The number of anilines is 1. The topological polar surface area (TPSA) is 54.9 Å². The third kappa shape index (κ3) is 2.53. The Morgan fingerprint density at radius 1 is 1.20 bits per heavy atom. The zero-order valence-electron chi connectivity index (χ0n) is 11.2. The molecule has 1 amide bonds. The van der Waals surface area contributed by atoms with E-state index in [0.29, 0.717) is 5.56 Å².